The SMILES string of the molecule is Nc1cc(C(=O)NCC(=O)N2CCCC2)c(F)cc1F. The molecule has 0 aliphatic carbocycles. The number of hydrogen-bond donors (Lipinski definition) is 2. The molecule has 1 saturated heterocycles. The van der Waals surface area contributed by atoms with Gasteiger partial charge in [0.1, 0.15) is 11.6 Å². The van der Waals surface area contributed by atoms with Crippen molar-refractivity contribution in [1.29, 1.82) is 0 Å². The summed E-state index contributed by atoms with van der Waals surface area (Å²) in [5.74, 6) is -2.94. The number of halogens is 2. The van der Waals surface area contributed by atoms with Crippen molar-refractivity contribution in [1.82, 2.24) is 10.2 Å². The van der Waals surface area contributed by atoms with E-state index in [4.69, 9.17) is 5.73 Å². The number of carbonyl (C=O) groups is 2. The topological polar surface area (TPSA) is 75.4 Å². The summed E-state index contributed by atoms with van der Waals surface area (Å²) in [5, 5.41) is 2.31. The van der Waals surface area contributed by atoms with Gasteiger partial charge in [-0.25, -0.2) is 8.78 Å². The monoisotopic (exact) mass is 283 g/mol. The molecule has 20 heavy (non-hydrogen) atoms. The molecule has 2 rings (SSSR count). The van der Waals surface area contributed by atoms with Gasteiger partial charge in [-0.15, -0.1) is 0 Å². The molecule has 108 valence electrons. The van der Waals surface area contributed by atoms with Crippen LogP contribution >= 0.6 is 0 Å². The Morgan fingerprint density at radius 3 is 2.50 bits per heavy atom. The summed E-state index contributed by atoms with van der Waals surface area (Å²) in [6, 6.07) is 1.47. The molecular formula is C13H15F2N3O2. The maximum Gasteiger partial charge on any atom is 0.254 e. The second kappa shape index (κ2) is 5.85. The Hall–Kier alpha value is -2.18. The highest BCUT2D eigenvalue weighted by atomic mass is 19.1. The van der Waals surface area contributed by atoms with Crippen LogP contribution in [0.5, 0.6) is 0 Å². The standard InChI is InChI=1S/C13H15F2N3O2/c14-9-6-10(15)11(16)5-8(9)13(20)17-7-12(19)18-3-1-2-4-18/h5-6H,1-4,7,16H2,(H,17,20). The first-order valence-electron chi connectivity index (χ1n) is 6.29. The normalized spacial score (nSPS) is 14.4. The third kappa shape index (κ3) is 3.04. The molecule has 0 radical (unpaired) electrons. The minimum atomic E-state index is -1.01. The van der Waals surface area contributed by atoms with Crippen LogP contribution in [0.4, 0.5) is 14.5 Å². The van der Waals surface area contributed by atoms with Crippen molar-refractivity contribution in [2.24, 2.45) is 0 Å². The Balaban J connectivity index is 1.98. The number of benzene rings is 1. The van der Waals surface area contributed by atoms with Gasteiger partial charge >= 0.3 is 0 Å². The number of nitrogens with one attached hydrogen (secondary N) is 1. The lowest BCUT2D eigenvalue weighted by atomic mass is 10.1. The number of carbonyl (C=O) groups excluding carboxylic acids is 2. The molecule has 0 aromatic heterocycles. The lowest BCUT2D eigenvalue weighted by Gasteiger charge is -2.15. The zero-order chi connectivity index (χ0) is 14.7. The highest BCUT2D eigenvalue weighted by molar-refractivity contribution is 5.97. The maximum atomic E-state index is 13.5. The average Bonchev–Trinajstić information content (AvgIpc) is 2.94. The van der Waals surface area contributed by atoms with Crippen LogP contribution in [0.15, 0.2) is 12.1 Å². The molecule has 1 aromatic carbocycles. The van der Waals surface area contributed by atoms with Crippen molar-refractivity contribution in [2.75, 3.05) is 25.4 Å². The van der Waals surface area contributed by atoms with E-state index in [2.05, 4.69) is 5.32 Å². The van der Waals surface area contributed by atoms with Crippen molar-refractivity contribution in [3.63, 3.8) is 0 Å². The van der Waals surface area contributed by atoms with Gasteiger partial charge < -0.3 is 16.0 Å². The van der Waals surface area contributed by atoms with Crippen LogP contribution in [0.1, 0.15) is 23.2 Å². The number of nitrogens with zero attached hydrogens (tertiary/aromatic N) is 1. The first kappa shape index (κ1) is 14.2. The molecular weight excluding hydrogens is 268 g/mol. The van der Waals surface area contributed by atoms with Gasteiger partial charge in [-0.3, -0.25) is 9.59 Å². The zero-order valence-corrected chi connectivity index (χ0v) is 10.8. The minimum absolute atomic E-state index is 0.213. The van der Waals surface area contributed by atoms with E-state index in [1.165, 1.54) is 0 Å². The molecule has 5 nitrogen and oxygen atoms in total. The summed E-state index contributed by atoms with van der Waals surface area (Å²) in [5.41, 5.74) is 4.59. The molecule has 0 spiro atoms. The van der Waals surface area contributed by atoms with Crippen LogP contribution < -0.4 is 11.1 Å². The van der Waals surface area contributed by atoms with Crippen molar-refractivity contribution < 1.29 is 18.4 Å². The maximum absolute atomic E-state index is 13.5. The molecule has 1 heterocycles. The van der Waals surface area contributed by atoms with Crippen LogP contribution in [0, 0.1) is 11.6 Å². The Bertz CT molecular complexity index is 543. The van der Waals surface area contributed by atoms with Crippen molar-refractivity contribution in [3.05, 3.63) is 29.3 Å². The highest BCUT2D eigenvalue weighted by Gasteiger charge is 2.20. The van der Waals surface area contributed by atoms with E-state index in [-0.39, 0.29) is 23.7 Å². The Morgan fingerprint density at radius 1 is 1.20 bits per heavy atom. The number of rotatable bonds is 3. The fourth-order valence-electron chi connectivity index (χ4n) is 2.07. The third-order valence-electron chi connectivity index (χ3n) is 3.19. The van der Waals surface area contributed by atoms with E-state index in [9.17, 15) is 18.4 Å². The number of amides is 2. The molecule has 7 heteroatoms. The van der Waals surface area contributed by atoms with Crippen molar-refractivity contribution >= 4 is 17.5 Å². The average molecular weight is 283 g/mol. The molecule has 1 fully saturated rings. The van der Waals surface area contributed by atoms with E-state index >= 15 is 0 Å². The van der Waals surface area contributed by atoms with Crippen molar-refractivity contribution in [2.45, 2.75) is 12.8 Å². The second-order valence-electron chi connectivity index (χ2n) is 4.62. The van der Waals surface area contributed by atoms with E-state index in [0.717, 1.165) is 18.9 Å². The molecule has 1 aliphatic rings. The summed E-state index contributed by atoms with van der Waals surface area (Å²) in [7, 11) is 0. The van der Waals surface area contributed by atoms with Gasteiger partial charge in [0, 0.05) is 19.2 Å². The molecule has 0 unspecified atom stereocenters. The lowest BCUT2D eigenvalue weighted by Crippen LogP contribution is -2.38. The Labute approximate surface area is 114 Å². The van der Waals surface area contributed by atoms with Gasteiger partial charge in [-0.1, -0.05) is 0 Å². The van der Waals surface area contributed by atoms with Gasteiger partial charge in [0.15, 0.2) is 0 Å². The van der Waals surface area contributed by atoms with Gasteiger partial charge in [0.05, 0.1) is 17.8 Å². The van der Waals surface area contributed by atoms with Crippen LogP contribution in [0.2, 0.25) is 0 Å². The lowest BCUT2D eigenvalue weighted by molar-refractivity contribution is -0.129. The van der Waals surface area contributed by atoms with E-state index < -0.39 is 17.5 Å². The van der Waals surface area contributed by atoms with Crippen LogP contribution in [0.25, 0.3) is 0 Å². The quantitative estimate of drug-likeness (QED) is 0.809. The number of nitrogen functional groups attached to an aromatic ring is 1. The number of nitrogens with two attached hydrogens (primary N) is 1. The van der Waals surface area contributed by atoms with Gasteiger partial charge in [0.25, 0.3) is 5.91 Å². The Morgan fingerprint density at radius 2 is 1.85 bits per heavy atom. The van der Waals surface area contributed by atoms with Gasteiger partial charge in [0.2, 0.25) is 5.91 Å². The van der Waals surface area contributed by atoms with E-state index in [0.29, 0.717) is 19.2 Å². The van der Waals surface area contributed by atoms with Crippen LogP contribution in [-0.2, 0) is 4.79 Å². The Kier molecular flexibility index (Phi) is 4.16. The fraction of sp³-hybridized carbons (Fsp3) is 0.385. The third-order valence-corrected chi connectivity index (χ3v) is 3.19. The largest absolute Gasteiger partial charge is 0.396 e. The molecule has 1 aliphatic heterocycles. The van der Waals surface area contributed by atoms with Gasteiger partial charge in [-0.2, -0.15) is 0 Å². The second-order valence-corrected chi connectivity index (χ2v) is 4.62. The first-order chi connectivity index (χ1) is 9.49. The van der Waals surface area contributed by atoms with Crippen LogP contribution in [-0.4, -0.2) is 36.3 Å². The van der Waals surface area contributed by atoms with Crippen molar-refractivity contribution in [3.8, 4) is 0 Å². The summed E-state index contributed by atoms with van der Waals surface area (Å²) < 4.78 is 26.4. The molecule has 1 aromatic rings. The number of anilines is 1. The highest BCUT2D eigenvalue weighted by Crippen LogP contribution is 2.16. The molecule has 0 bridgehead atoms. The zero-order valence-electron chi connectivity index (χ0n) is 10.8. The molecule has 0 saturated carbocycles. The predicted molar refractivity (Wildman–Crippen MR) is 68.9 cm³/mol. The number of likely N-dealkylation sites (tertiary alicyclic amines) is 1. The summed E-state index contributed by atoms with van der Waals surface area (Å²) >= 11 is 0. The summed E-state index contributed by atoms with van der Waals surface area (Å²) in [6.07, 6.45) is 1.89. The minimum Gasteiger partial charge on any atom is -0.396 e. The first-order valence-corrected chi connectivity index (χ1v) is 6.29. The molecule has 0 atom stereocenters. The molecule has 2 amide bonds. The predicted octanol–water partition coefficient (Wildman–Crippen LogP) is 0.899. The van der Waals surface area contributed by atoms with E-state index in [1.54, 1.807) is 4.90 Å². The summed E-state index contributed by atoms with van der Waals surface area (Å²) in [6.45, 7) is 1.13. The number of hydrogen-bond acceptors (Lipinski definition) is 3. The van der Waals surface area contributed by atoms with Crippen LogP contribution in [0.3, 0.4) is 0 Å². The summed E-state index contributed by atoms with van der Waals surface area (Å²) in [4.78, 5) is 25.1. The van der Waals surface area contributed by atoms with Gasteiger partial charge in [-0.05, 0) is 18.9 Å². The fourth-order valence-corrected chi connectivity index (χ4v) is 2.07. The smallest absolute Gasteiger partial charge is 0.254 e. The molecule has 3 N–H and O–H groups in total. The van der Waals surface area contributed by atoms with E-state index in [1.807, 2.05) is 0 Å².